The molecule has 7 heteroatoms. The summed E-state index contributed by atoms with van der Waals surface area (Å²) in [5, 5.41) is 0. The van der Waals surface area contributed by atoms with Gasteiger partial charge in [0.05, 0.1) is 22.2 Å². The molecule has 0 aliphatic heterocycles. The summed E-state index contributed by atoms with van der Waals surface area (Å²) in [6, 6.07) is 5.30. The number of aromatic nitrogens is 2. The molecule has 0 saturated heterocycles. The highest BCUT2D eigenvalue weighted by atomic mass is 19.4. The Balaban J connectivity index is 1.98. The molecule has 1 saturated carbocycles. The highest BCUT2D eigenvalue weighted by Crippen LogP contribution is 2.48. The Kier molecular flexibility index (Phi) is 3.63. The van der Waals surface area contributed by atoms with Crippen molar-refractivity contribution in [3.63, 3.8) is 0 Å². The van der Waals surface area contributed by atoms with Crippen molar-refractivity contribution in [3.8, 4) is 11.8 Å². The standard InChI is InChI=1S/C17H15F3N4/c1-10-13(14(21)24-15(22)23-10)5-6-16(7-8-16)11-3-2-4-12(9-11)17(18,19)20/h2-4,9H,7-8H2,1H3,(H4,21,22,23,24). The number of nitrogens with two attached hydrogens (primary N) is 2. The van der Waals surface area contributed by atoms with Crippen molar-refractivity contribution >= 4 is 11.8 Å². The molecule has 1 aromatic heterocycles. The summed E-state index contributed by atoms with van der Waals surface area (Å²) < 4.78 is 38.7. The highest BCUT2D eigenvalue weighted by Gasteiger charge is 2.44. The molecule has 1 heterocycles. The molecule has 0 radical (unpaired) electrons. The van der Waals surface area contributed by atoms with E-state index in [1.54, 1.807) is 13.0 Å². The molecule has 24 heavy (non-hydrogen) atoms. The van der Waals surface area contributed by atoms with E-state index in [1.807, 2.05) is 0 Å². The van der Waals surface area contributed by atoms with Crippen LogP contribution >= 0.6 is 0 Å². The van der Waals surface area contributed by atoms with Gasteiger partial charge < -0.3 is 11.5 Å². The Morgan fingerprint density at radius 3 is 2.46 bits per heavy atom. The third-order valence-electron chi connectivity index (χ3n) is 4.05. The fourth-order valence-corrected chi connectivity index (χ4v) is 2.56. The third-order valence-corrected chi connectivity index (χ3v) is 4.05. The quantitative estimate of drug-likeness (QED) is 0.787. The monoisotopic (exact) mass is 332 g/mol. The number of halogens is 3. The Hall–Kier alpha value is -2.75. The zero-order valence-electron chi connectivity index (χ0n) is 12.9. The molecule has 4 N–H and O–H groups in total. The molecule has 1 aromatic carbocycles. The van der Waals surface area contributed by atoms with Crippen molar-refractivity contribution in [1.29, 1.82) is 0 Å². The number of rotatable bonds is 1. The largest absolute Gasteiger partial charge is 0.416 e. The fourth-order valence-electron chi connectivity index (χ4n) is 2.56. The Bertz CT molecular complexity index is 835. The summed E-state index contributed by atoms with van der Waals surface area (Å²) >= 11 is 0. The predicted molar refractivity (Wildman–Crippen MR) is 84.8 cm³/mol. The normalized spacial score (nSPS) is 15.5. The second-order valence-electron chi connectivity index (χ2n) is 5.84. The fraction of sp³-hybridized carbons (Fsp3) is 0.294. The molecule has 1 aliphatic carbocycles. The van der Waals surface area contributed by atoms with Gasteiger partial charge in [-0.25, -0.2) is 4.98 Å². The van der Waals surface area contributed by atoms with Crippen LogP contribution in [0.2, 0.25) is 0 Å². The third kappa shape index (κ3) is 3.00. The van der Waals surface area contributed by atoms with Gasteiger partial charge in [-0.3, -0.25) is 0 Å². The summed E-state index contributed by atoms with van der Waals surface area (Å²) in [4.78, 5) is 7.88. The zero-order valence-corrected chi connectivity index (χ0v) is 12.9. The van der Waals surface area contributed by atoms with Crippen molar-refractivity contribution in [2.75, 3.05) is 11.5 Å². The van der Waals surface area contributed by atoms with Crippen LogP contribution in [0.4, 0.5) is 24.9 Å². The maximum absolute atomic E-state index is 12.9. The predicted octanol–water partition coefficient (Wildman–Crippen LogP) is 3.05. The molecule has 0 amide bonds. The smallest absolute Gasteiger partial charge is 0.382 e. The number of nitrogen functional groups attached to an aromatic ring is 2. The maximum Gasteiger partial charge on any atom is 0.416 e. The Morgan fingerprint density at radius 1 is 1.17 bits per heavy atom. The van der Waals surface area contributed by atoms with E-state index in [-0.39, 0.29) is 11.8 Å². The van der Waals surface area contributed by atoms with E-state index < -0.39 is 17.2 Å². The van der Waals surface area contributed by atoms with Crippen molar-refractivity contribution in [1.82, 2.24) is 9.97 Å². The lowest BCUT2D eigenvalue weighted by molar-refractivity contribution is -0.137. The van der Waals surface area contributed by atoms with E-state index in [2.05, 4.69) is 21.8 Å². The van der Waals surface area contributed by atoms with E-state index >= 15 is 0 Å². The van der Waals surface area contributed by atoms with Crippen LogP contribution in [0, 0.1) is 18.8 Å². The minimum atomic E-state index is -4.37. The number of benzene rings is 1. The number of alkyl halides is 3. The van der Waals surface area contributed by atoms with Gasteiger partial charge in [-0.1, -0.05) is 30.0 Å². The Labute approximate surface area is 137 Å². The number of hydrogen-bond acceptors (Lipinski definition) is 4. The van der Waals surface area contributed by atoms with Gasteiger partial charge in [0.25, 0.3) is 0 Å². The highest BCUT2D eigenvalue weighted by molar-refractivity contribution is 5.57. The van der Waals surface area contributed by atoms with Crippen molar-refractivity contribution in [3.05, 3.63) is 46.6 Å². The van der Waals surface area contributed by atoms with Crippen LogP contribution in [-0.4, -0.2) is 9.97 Å². The first-order valence-corrected chi connectivity index (χ1v) is 7.32. The second-order valence-corrected chi connectivity index (χ2v) is 5.84. The molecule has 2 aromatic rings. The van der Waals surface area contributed by atoms with E-state index in [9.17, 15) is 13.2 Å². The summed E-state index contributed by atoms with van der Waals surface area (Å²) in [6.07, 6.45) is -2.96. The number of aryl methyl sites for hydroxylation is 1. The van der Waals surface area contributed by atoms with Crippen LogP contribution in [0.3, 0.4) is 0 Å². The summed E-state index contributed by atoms with van der Waals surface area (Å²) in [7, 11) is 0. The molecule has 4 nitrogen and oxygen atoms in total. The molecule has 0 unspecified atom stereocenters. The summed E-state index contributed by atoms with van der Waals surface area (Å²) in [6.45, 7) is 1.71. The van der Waals surface area contributed by atoms with Crippen LogP contribution < -0.4 is 11.5 Å². The van der Waals surface area contributed by atoms with Crippen molar-refractivity contribution in [2.24, 2.45) is 0 Å². The number of anilines is 2. The van der Waals surface area contributed by atoms with Crippen LogP contribution in [0.1, 0.15) is 35.2 Å². The lowest BCUT2D eigenvalue weighted by atomic mass is 9.94. The van der Waals surface area contributed by atoms with Crippen molar-refractivity contribution < 1.29 is 13.2 Å². The van der Waals surface area contributed by atoms with Gasteiger partial charge in [-0.15, -0.1) is 0 Å². The molecule has 0 atom stereocenters. The minimum Gasteiger partial charge on any atom is -0.382 e. The SMILES string of the molecule is Cc1nc(N)nc(N)c1C#CC1(c2cccc(C(F)(F)F)c2)CC1. The van der Waals surface area contributed by atoms with Gasteiger partial charge in [-0.05, 0) is 31.4 Å². The first-order chi connectivity index (χ1) is 11.2. The van der Waals surface area contributed by atoms with Gasteiger partial charge in [0.2, 0.25) is 5.95 Å². The first-order valence-electron chi connectivity index (χ1n) is 7.32. The van der Waals surface area contributed by atoms with Gasteiger partial charge in [0.1, 0.15) is 5.82 Å². The van der Waals surface area contributed by atoms with Crippen LogP contribution in [0.25, 0.3) is 0 Å². The first kappa shape index (κ1) is 16.1. The van der Waals surface area contributed by atoms with Crippen LogP contribution in [0.15, 0.2) is 24.3 Å². The molecular weight excluding hydrogens is 317 g/mol. The van der Waals surface area contributed by atoms with E-state index in [4.69, 9.17) is 11.5 Å². The van der Waals surface area contributed by atoms with E-state index in [1.165, 1.54) is 6.07 Å². The van der Waals surface area contributed by atoms with Crippen LogP contribution in [0.5, 0.6) is 0 Å². The molecule has 0 spiro atoms. The molecular formula is C17H15F3N4. The molecule has 3 rings (SSSR count). The van der Waals surface area contributed by atoms with Gasteiger partial charge in [0.15, 0.2) is 0 Å². The maximum atomic E-state index is 12.9. The van der Waals surface area contributed by atoms with E-state index in [0.29, 0.717) is 29.7 Å². The Morgan fingerprint density at radius 2 is 1.88 bits per heavy atom. The average Bonchev–Trinajstić information content (AvgIpc) is 3.26. The average molecular weight is 332 g/mol. The lowest BCUT2D eigenvalue weighted by Crippen LogP contribution is -2.09. The molecule has 124 valence electrons. The molecule has 1 fully saturated rings. The lowest BCUT2D eigenvalue weighted by Gasteiger charge is -2.12. The minimum absolute atomic E-state index is 0.0644. The van der Waals surface area contributed by atoms with Gasteiger partial charge in [0, 0.05) is 0 Å². The van der Waals surface area contributed by atoms with Gasteiger partial charge in [-0.2, -0.15) is 18.2 Å². The van der Waals surface area contributed by atoms with E-state index in [0.717, 1.165) is 12.1 Å². The molecule has 1 aliphatic rings. The van der Waals surface area contributed by atoms with Gasteiger partial charge >= 0.3 is 6.18 Å². The zero-order chi connectivity index (χ0) is 17.5. The second kappa shape index (κ2) is 5.41. The molecule has 0 bridgehead atoms. The summed E-state index contributed by atoms with van der Waals surface area (Å²) in [5.41, 5.74) is 11.7. The topological polar surface area (TPSA) is 77.8 Å². The number of hydrogen-bond donors (Lipinski definition) is 2. The van der Waals surface area contributed by atoms with Crippen molar-refractivity contribution in [2.45, 2.75) is 31.4 Å². The number of nitrogens with zero attached hydrogens (tertiary/aromatic N) is 2. The summed E-state index contributed by atoms with van der Waals surface area (Å²) in [5.74, 6) is 6.23. The van der Waals surface area contributed by atoms with Crippen LogP contribution in [-0.2, 0) is 11.6 Å².